The fourth-order valence-corrected chi connectivity index (χ4v) is 4.15. The lowest BCUT2D eigenvalue weighted by atomic mass is 9.86. The maximum absolute atomic E-state index is 13.1. The molecular weight excluding hydrogens is 449 g/mol. The quantitative estimate of drug-likeness (QED) is 0.428. The molecule has 0 saturated heterocycles. The number of hydrogen-bond donors (Lipinski definition) is 2. The van der Waals surface area contributed by atoms with Gasteiger partial charge in [-0.2, -0.15) is 0 Å². The first kappa shape index (κ1) is 22.3. The first-order chi connectivity index (χ1) is 17.0. The number of amides is 1. The normalized spacial score (nSPS) is 14.7. The van der Waals surface area contributed by atoms with E-state index in [9.17, 15) is 14.0 Å². The number of H-pyrrole nitrogens is 1. The van der Waals surface area contributed by atoms with Crippen LogP contribution in [0.1, 0.15) is 29.0 Å². The van der Waals surface area contributed by atoms with Crippen LogP contribution in [0.15, 0.2) is 77.6 Å². The molecule has 5 rings (SSSR count). The number of aromatic nitrogens is 2. The van der Waals surface area contributed by atoms with Gasteiger partial charge in [-0.1, -0.05) is 48.5 Å². The number of anilines is 1. The molecule has 0 saturated carbocycles. The second kappa shape index (κ2) is 9.42. The van der Waals surface area contributed by atoms with E-state index in [1.54, 1.807) is 30.3 Å². The molecule has 176 valence electrons. The molecule has 0 spiro atoms. The van der Waals surface area contributed by atoms with Crippen LogP contribution >= 0.6 is 0 Å². The summed E-state index contributed by atoms with van der Waals surface area (Å²) in [7, 11) is 1.52. The van der Waals surface area contributed by atoms with Crippen LogP contribution in [0.2, 0.25) is 0 Å². The van der Waals surface area contributed by atoms with Gasteiger partial charge in [0, 0.05) is 17.9 Å². The van der Waals surface area contributed by atoms with Crippen molar-refractivity contribution in [3.63, 3.8) is 0 Å². The van der Waals surface area contributed by atoms with E-state index in [1.165, 1.54) is 19.2 Å². The molecule has 8 heteroatoms. The van der Waals surface area contributed by atoms with Crippen molar-refractivity contribution in [3.8, 4) is 22.9 Å². The zero-order valence-electron chi connectivity index (χ0n) is 18.9. The number of rotatable bonds is 6. The average molecular weight is 471 g/mol. The summed E-state index contributed by atoms with van der Waals surface area (Å²) in [6.07, 6.45) is 0.0986. The lowest BCUT2D eigenvalue weighted by Crippen LogP contribution is -2.31. The van der Waals surface area contributed by atoms with E-state index in [4.69, 9.17) is 9.47 Å². The molecule has 1 aliphatic heterocycles. The minimum absolute atomic E-state index is 0.0986. The Bertz CT molecular complexity index is 1440. The van der Waals surface area contributed by atoms with Crippen molar-refractivity contribution in [2.75, 3.05) is 12.4 Å². The molecule has 0 fully saturated rings. The molecule has 0 bridgehead atoms. The number of hydrogen-bond acceptors (Lipinski definition) is 5. The largest absolute Gasteiger partial charge is 0.493 e. The van der Waals surface area contributed by atoms with E-state index >= 15 is 0 Å². The SMILES string of the molecule is COc1cc(C2CC(=O)Nc3nc(-c4ccccc4)[nH]c(=O)c32)ccc1OCc1ccc(F)cc1. The molecule has 0 radical (unpaired) electrons. The molecule has 2 heterocycles. The number of carbonyl (C=O) groups excluding carboxylic acids is 1. The molecular formula is C27H22FN3O4. The zero-order valence-corrected chi connectivity index (χ0v) is 18.9. The van der Waals surface area contributed by atoms with Gasteiger partial charge in [0.2, 0.25) is 5.91 Å². The second-order valence-corrected chi connectivity index (χ2v) is 8.17. The van der Waals surface area contributed by atoms with Crippen LogP contribution in [0.25, 0.3) is 11.4 Å². The van der Waals surface area contributed by atoms with Gasteiger partial charge in [0.05, 0.1) is 12.7 Å². The van der Waals surface area contributed by atoms with Crippen LogP contribution < -0.4 is 20.3 Å². The monoisotopic (exact) mass is 471 g/mol. The van der Waals surface area contributed by atoms with Crippen molar-refractivity contribution in [2.45, 2.75) is 18.9 Å². The van der Waals surface area contributed by atoms with Gasteiger partial charge >= 0.3 is 0 Å². The predicted octanol–water partition coefficient (Wildman–Crippen LogP) is 4.64. The van der Waals surface area contributed by atoms with Gasteiger partial charge < -0.3 is 19.8 Å². The molecule has 7 nitrogen and oxygen atoms in total. The number of fused-ring (bicyclic) bond motifs is 1. The number of carbonyl (C=O) groups is 1. The number of nitrogens with zero attached hydrogens (tertiary/aromatic N) is 1. The third kappa shape index (κ3) is 4.63. The number of nitrogens with one attached hydrogen (secondary N) is 2. The lowest BCUT2D eigenvalue weighted by molar-refractivity contribution is -0.116. The number of halogens is 1. The molecule has 3 aromatic carbocycles. The summed E-state index contributed by atoms with van der Waals surface area (Å²) in [5.74, 6) is 0.555. The molecule has 1 atom stereocenters. The van der Waals surface area contributed by atoms with Gasteiger partial charge in [-0.3, -0.25) is 9.59 Å². The highest BCUT2D eigenvalue weighted by atomic mass is 19.1. The van der Waals surface area contributed by atoms with Crippen molar-refractivity contribution in [2.24, 2.45) is 0 Å². The highest BCUT2D eigenvalue weighted by Gasteiger charge is 2.31. The molecule has 4 aromatic rings. The van der Waals surface area contributed by atoms with Gasteiger partial charge in [0.15, 0.2) is 11.5 Å². The summed E-state index contributed by atoms with van der Waals surface area (Å²) in [4.78, 5) is 33.0. The van der Waals surface area contributed by atoms with E-state index in [0.29, 0.717) is 22.9 Å². The molecule has 35 heavy (non-hydrogen) atoms. The van der Waals surface area contributed by atoms with Crippen molar-refractivity contribution >= 4 is 11.7 Å². The number of benzene rings is 3. The van der Waals surface area contributed by atoms with Crippen LogP contribution in [0.3, 0.4) is 0 Å². The number of aromatic amines is 1. The third-order valence-electron chi connectivity index (χ3n) is 5.90. The Morgan fingerprint density at radius 2 is 1.77 bits per heavy atom. The molecule has 0 aliphatic carbocycles. The van der Waals surface area contributed by atoms with Crippen molar-refractivity contribution < 1.29 is 18.7 Å². The fourth-order valence-electron chi connectivity index (χ4n) is 4.15. The summed E-state index contributed by atoms with van der Waals surface area (Å²) >= 11 is 0. The predicted molar refractivity (Wildman–Crippen MR) is 129 cm³/mol. The minimum atomic E-state index is -0.500. The third-order valence-corrected chi connectivity index (χ3v) is 5.90. The van der Waals surface area contributed by atoms with E-state index < -0.39 is 5.92 Å². The van der Waals surface area contributed by atoms with Crippen LogP contribution in [-0.2, 0) is 11.4 Å². The van der Waals surface area contributed by atoms with Gasteiger partial charge in [-0.05, 0) is 35.4 Å². The smallest absolute Gasteiger partial charge is 0.257 e. The van der Waals surface area contributed by atoms with E-state index in [0.717, 1.165) is 16.7 Å². The Balaban J connectivity index is 1.46. The Labute approximate surface area is 200 Å². The van der Waals surface area contributed by atoms with Crippen molar-refractivity contribution in [3.05, 3.63) is 106 Å². The minimum Gasteiger partial charge on any atom is -0.493 e. The first-order valence-corrected chi connectivity index (χ1v) is 11.1. The van der Waals surface area contributed by atoms with Gasteiger partial charge in [-0.15, -0.1) is 0 Å². The summed E-state index contributed by atoms with van der Waals surface area (Å²) in [6.45, 7) is 0.233. The topological polar surface area (TPSA) is 93.3 Å². The summed E-state index contributed by atoms with van der Waals surface area (Å²) in [5, 5.41) is 2.74. The first-order valence-electron chi connectivity index (χ1n) is 11.1. The van der Waals surface area contributed by atoms with E-state index in [1.807, 2.05) is 30.3 Å². The van der Waals surface area contributed by atoms with Crippen LogP contribution in [0.4, 0.5) is 10.2 Å². The van der Waals surface area contributed by atoms with Crippen LogP contribution in [0.5, 0.6) is 11.5 Å². The van der Waals surface area contributed by atoms with E-state index in [2.05, 4.69) is 15.3 Å². The summed E-state index contributed by atoms with van der Waals surface area (Å²) in [5.41, 5.74) is 2.36. The number of ether oxygens (including phenoxy) is 2. The van der Waals surface area contributed by atoms with Gasteiger partial charge in [-0.25, -0.2) is 9.37 Å². The van der Waals surface area contributed by atoms with Crippen LogP contribution in [0, 0.1) is 5.82 Å². The van der Waals surface area contributed by atoms with Crippen LogP contribution in [-0.4, -0.2) is 23.0 Å². The molecule has 1 unspecified atom stereocenters. The average Bonchev–Trinajstić information content (AvgIpc) is 2.88. The fraction of sp³-hybridized carbons (Fsp3) is 0.148. The summed E-state index contributed by atoms with van der Waals surface area (Å²) < 4.78 is 24.5. The maximum atomic E-state index is 13.1. The molecule has 1 aliphatic rings. The summed E-state index contributed by atoms with van der Waals surface area (Å²) in [6, 6.07) is 20.6. The Morgan fingerprint density at radius 3 is 2.51 bits per heavy atom. The van der Waals surface area contributed by atoms with Crippen molar-refractivity contribution in [1.29, 1.82) is 0 Å². The van der Waals surface area contributed by atoms with E-state index in [-0.39, 0.29) is 36.1 Å². The van der Waals surface area contributed by atoms with Gasteiger partial charge in [0.1, 0.15) is 24.1 Å². The molecule has 1 aromatic heterocycles. The second-order valence-electron chi connectivity index (χ2n) is 8.17. The highest BCUT2D eigenvalue weighted by Crippen LogP contribution is 2.38. The number of methoxy groups -OCH3 is 1. The highest BCUT2D eigenvalue weighted by molar-refractivity contribution is 5.94. The van der Waals surface area contributed by atoms with Crippen molar-refractivity contribution in [1.82, 2.24) is 9.97 Å². The molecule has 1 amide bonds. The zero-order chi connectivity index (χ0) is 24.4. The Morgan fingerprint density at radius 1 is 1.00 bits per heavy atom. The Hall–Kier alpha value is -4.46. The maximum Gasteiger partial charge on any atom is 0.257 e. The Kier molecular flexibility index (Phi) is 6.01. The van der Waals surface area contributed by atoms with Gasteiger partial charge in [0.25, 0.3) is 5.56 Å². The standard InChI is InChI=1S/C27H22FN3O4/c1-34-22-13-18(9-12-21(22)35-15-16-7-10-19(28)11-8-16)20-14-23(32)29-26-24(20)27(33)31-25(30-26)17-5-3-2-4-6-17/h2-13,20H,14-15H2,1H3,(H2,29,30,31,32,33). The molecule has 2 N–H and O–H groups in total. The lowest BCUT2D eigenvalue weighted by Gasteiger charge is -2.25.